The van der Waals surface area contributed by atoms with Crippen molar-refractivity contribution in [2.24, 2.45) is 5.92 Å². The highest BCUT2D eigenvalue weighted by molar-refractivity contribution is 7.89. The number of pyridine rings is 1. The monoisotopic (exact) mass is 269 g/mol. The number of sulfonamides is 1. The van der Waals surface area contributed by atoms with Gasteiger partial charge in [-0.1, -0.05) is 0 Å². The first-order chi connectivity index (χ1) is 8.66. The third-order valence-corrected chi connectivity index (χ3v) is 4.59. The zero-order chi connectivity index (χ0) is 12.8. The number of hydrogen-bond donors (Lipinski definition) is 2. The molecule has 2 N–H and O–H groups in total. The maximum atomic E-state index is 11.9. The van der Waals surface area contributed by atoms with Gasteiger partial charge in [-0.05, 0) is 49.5 Å². The zero-order valence-electron chi connectivity index (χ0n) is 10.3. The van der Waals surface area contributed by atoms with E-state index in [1.165, 1.54) is 0 Å². The lowest BCUT2D eigenvalue weighted by atomic mass is 10.0. The largest absolute Gasteiger partial charge is 0.316 e. The molecule has 6 heteroatoms. The third kappa shape index (κ3) is 4.36. The Morgan fingerprint density at radius 2 is 2.17 bits per heavy atom. The number of nitrogens with zero attached hydrogens (tertiary/aromatic N) is 1. The van der Waals surface area contributed by atoms with Crippen molar-refractivity contribution in [2.45, 2.75) is 19.4 Å². The molecule has 0 amide bonds. The van der Waals surface area contributed by atoms with Crippen LogP contribution in [0.3, 0.4) is 0 Å². The summed E-state index contributed by atoms with van der Waals surface area (Å²) in [7, 11) is -3.19. The highest BCUT2D eigenvalue weighted by Crippen LogP contribution is 2.12. The average Bonchev–Trinajstić information content (AvgIpc) is 2.38. The lowest BCUT2D eigenvalue weighted by Crippen LogP contribution is -2.37. The molecule has 0 spiro atoms. The number of piperidine rings is 1. The molecule has 2 rings (SSSR count). The zero-order valence-corrected chi connectivity index (χ0v) is 11.1. The van der Waals surface area contributed by atoms with Crippen molar-refractivity contribution in [3.8, 4) is 0 Å². The van der Waals surface area contributed by atoms with Gasteiger partial charge in [-0.2, -0.15) is 0 Å². The maximum Gasteiger partial charge on any atom is 0.212 e. The number of nitrogens with one attached hydrogen (secondary N) is 2. The number of rotatable bonds is 5. The molecule has 1 aliphatic heterocycles. The summed E-state index contributed by atoms with van der Waals surface area (Å²) in [6.07, 6.45) is 5.37. The lowest BCUT2D eigenvalue weighted by molar-refractivity contribution is 0.402. The first kappa shape index (κ1) is 13.5. The molecule has 0 aromatic carbocycles. The van der Waals surface area contributed by atoms with Gasteiger partial charge >= 0.3 is 0 Å². The maximum absolute atomic E-state index is 11.9. The second-order valence-electron chi connectivity index (χ2n) is 4.67. The summed E-state index contributed by atoms with van der Waals surface area (Å²) in [6, 6.07) is 3.62. The van der Waals surface area contributed by atoms with E-state index in [9.17, 15) is 8.42 Å². The fraction of sp³-hybridized carbons (Fsp3) is 0.583. The van der Waals surface area contributed by atoms with Crippen molar-refractivity contribution in [3.63, 3.8) is 0 Å². The van der Waals surface area contributed by atoms with Crippen molar-refractivity contribution in [2.75, 3.05) is 18.8 Å². The van der Waals surface area contributed by atoms with Crippen LogP contribution in [-0.2, 0) is 16.6 Å². The number of aromatic nitrogens is 1. The minimum atomic E-state index is -3.19. The van der Waals surface area contributed by atoms with E-state index in [2.05, 4.69) is 15.0 Å². The molecule has 18 heavy (non-hydrogen) atoms. The van der Waals surface area contributed by atoms with E-state index in [1.807, 2.05) is 12.1 Å². The lowest BCUT2D eigenvalue weighted by Gasteiger charge is -2.22. The van der Waals surface area contributed by atoms with Crippen LogP contribution in [0.5, 0.6) is 0 Å². The van der Waals surface area contributed by atoms with Gasteiger partial charge in [0, 0.05) is 18.9 Å². The van der Waals surface area contributed by atoms with Crippen LogP contribution in [0.1, 0.15) is 18.4 Å². The molecular weight excluding hydrogens is 250 g/mol. The van der Waals surface area contributed by atoms with Crippen LogP contribution in [0.25, 0.3) is 0 Å². The van der Waals surface area contributed by atoms with Crippen LogP contribution in [-0.4, -0.2) is 32.2 Å². The van der Waals surface area contributed by atoms with Crippen molar-refractivity contribution < 1.29 is 8.42 Å². The first-order valence-corrected chi connectivity index (χ1v) is 7.88. The van der Waals surface area contributed by atoms with Gasteiger partial charge in [0.1, 0.15) is 0 Å². The van der Waals surface area contributed by atoms with Crippen LogP contribution in [0, 0.1) is 5.92 Å². The summed E-state index contributed by atoms with van der Waals surface area (Å²) >= 11 is 0. The summed E-state index contributed by atoms with van der Waals surface area (Å²) in [5, 5.41) is 3.23. The van der Waals surface area contributed by atoms with Crippen molar-refractivity contribution in [1.29, 1.82) is 0 Å². The van der Waals surface area contributed by atoms with E-state index in [-0.39, 0.29) is 11.7 Å². The Labute approximate surface area is 108 Å². The van der Waals surface area contributed by atoms with Gasteiger partial charge in [0.2, 0.25) is 10.0 Å². The Morgan fingerprint density at radius 1 is 1.39 bits per heavy atom. The molecule has 0 bridgehead atoms. The molecule has 1 aliphatic rings. The van der Waals surface area contributed by atoms with Gasteiger partial charge < -0.3 is 5.32 Å². The Hall–Kier alpha value is -0.980. The Kier molecular flexibility index (Phi) is 4.68. The van der Waals surface area contributed by atoms with Gasteiger partial charge in [-0.15, -0.1) is 0 Å². The number of hydrogen-bond acceptors (Lipinski definition) is 4. The van der Waals surface area contributed by atoms with E-state index in [0.29, 0.717) is 6.54 Å². The minimum Gasteiger partial charge on any atom is -0.316 e. The molecule has 1 unspecified atom stereocenters. The van der Waals surface area contributed by atoms with E-state index >= 15 is 0 Å². The molecule has 1 aromatic rings. The summed E-state index contributed by atoms with van der Waals surface area (Å²) in [5.74, 6) is 0.444. The Bertz CT molecular complexity index is 455. The topological polar surface area (TPSA) is 71.1 Å². The Morgan fingerprint density at radius 3 is 2.83 bits per heavy atom. The normalized spacial score (nSPS) is 20.8. The van der Waals surface area contributed by atoms with E-state index < -0.39 is 10.0 Å². The predicted octanol–water partition coefficient (Wildman–Crippen LogP) is 0.501. The molecule has 1 aromatic heterocycles. The van der Waals surface area contributed by atoms with Gasteiger partial charge in [0.05, 0.1) is 5.75 Å². The fourth-order valence-electron chi connectivity index (χ4n) is 2.13. The van der Waals surface area contributed by atoms with Crippen LogP contribution < -0.4 is 10.0 Å². The molecule has 0 saturated carbocycles. The summed E-state index contributed by atoms with van der Waals surface area (Å²) in [6.45, 7) is 2.14. The van der Waals surface area contributed by atoms with Crippen molar-refractivity contribution >= 4 is 10.0 Å². The minimum absolute atomic E-state index is 0.213. The van der Waals surface area contributed by atoms with Crippen molar-refractivity contribution in [3.05, 3.63) is 30.1 Å². The van der Waals surface area contributed by atoms with E-state index in [1.54, 1.807) is 12.4 Å². The molecule has 1 atom stereocenters. The van der Waals surface area contributed by atoms with E-state index in [4.69, 9.17) is 0 Å². The highest BCUT2D eigenvalue weighted by atomic mass is 32.2. The molecule has 0 radical (unpaired) electrons. The summed E-state index contributed by atoms with van der Waals surface area (Å²) in [5.41, 5.74) is 0.926. The molecular formula is C12H19N3O2S. The highest BCUT2D eigenvalue weighted by Gasteiger charge is 2.20. The first-order valence-electron chi connectivity index (χ1n) is 6.23. The standard InChI is InChI=1S/C12H19N3O2S/c16-18(17,10-12-2-1-5-14-8-12)15-9-11-3-6-13-7-4-11/h3-4,6-7,12,14-15H,1-2,5,8-10H2. The van der Waals surface area contributed by atoms with E-state index in [0.717, 1.165) is 31.5 Å². The van der Waals surface area contributed by atoms with Crippen LogP contribution in [0.2, 0.25) is 0 Å². The van der Waals surface area contributed by atoms with Gasteiger partial charge in [-0.3, -0.25) is 4.98 Å². The van der Waals surface area contributed by atoms with Gasteiger partial charge in [0.15, 0.2) is 0 Å². The second-order valence-corrected chi connectivity index (χ2v) is 6.52. The molecule has 1 saturated heterocycles. The van der Waals surface area contributed by atoms with Crippen LogP contribution in [0.15, 0.2) is 24.5 Å². The smallest absolute Gasteiger partial charge is 0.212 e. The summed E-state index contributed by atoms with van der Waals surface area (Å²) in [4.78, 5) is 3.90. The van der Waals surface area contributed by atoms with Crippen LogP contribution >= 0.6 is 0 Å². The van der Waals surface area contributed by atoms with Gasteiger partial charge in [-0.25, -0.2) is 13.1 Å². The molecule has 5 nitrogen and oxygen atoms in total. The molecule has 100 valence electrons. The van der Waals surface area contributed by atoms with Crippen molar-refractivity contribution in [1.82, 2.24) is 15.0 Å². The SMILES string of the molecule is O=S(=O)(CC1CCCNC1)NCc1ccncc1. The second kappa shape index (κ2) is 6.26. The average molecular weight is 269 g/mol. The fourth-order valence-corrected chi connectivity index (χ4v) is 3.54. The Balaban J connectivity index is 1.83. The third-order valence-electron chi connectivity index (χ3n) is 3.10. The molecule has 1 fully saturated rings. The quantitative estimate of drug-likeness (QED) is 0.816. The van der Waals surface area contributed by atoms with Gasteiger partial charge in [0.25, 0.3) is 0 Å². The van der Waals surface area contributed by atoms with Crippen LogP contribution in [0.4, 0.5) is 0 Å². The molecule has 0 aliphatic carbocycles. The molecule has 2 heterocycles. The predicted molar refractivity (Wildman–Crippen MR) is 70.5 cm³/mol. The summed E-state index contributed by atoms with van der Waals surface area (Å²) < 4.78 is 26.5.